The lowest BCUT2D eigenvalue weighted by Gasteiger charge is -2.26. The molecule has 1 fully saturated rings. The van der Waals surface area contributed by atoms with Gasteiger partial charge < -0.3 is 10.0 Å². The third-order valence-corrected chi connectivity index (χ3v) is 3.80. The fraction of sp³-hybridized carbons (Fsp3) is 0.600. The third kappa shape index (κ3) is 3.01. The summed E-state index contributed by atoms with van der Waals surface area (Å²) in [5, 5.41) is 9.79. The number of hydrogen-bond acceptors (Lipinski definition) is 2. The number of aliphatic hydroxyl groups excluding tert-OH is 1. The monoisotopic (exact) mass is 233 g/mol. The summed E-state index contributed by atoms with van der Waals surface area (Å²) in [6, 6.07) is 8.17. The molecule has 0 radical (unpaired) electrons. The maximum absolute atomic E-state index is 9.79. The Hall–Kier alpha value is -1.02. The number of para-hydroxylation sites is 1. The Morgan fingerprint density at radius 2 is 1.94 bits per heavy atom. The van der Waals surface area contributed by atoms with Crippen molar-refractivity contribution in [3.8, 4) is 0 Å². The van der Waals surface area contributed by atoms with E-state index in [0.717, 1.165) is 18.0 Å². The summed E-state index contributed by atoms with van der Waals surface area (Å²) in [6.45, 7) is 2.95. The van der Waals surface area contributed by atoms with Crippen molar-refractivity contribution < 1.29 is 5.11 Å². The maximum Gasteiger partial charge on any atom is 0.0781 e. The van der Waals surface area contributed by atoms with Gasteiger partial charge in [-0.25, -0.2) is 0 Å². The number of rotatable bonds is 4. The van der Waals surface area contributed by atoms with Crippen LogP contribution in [0.2, 0.25) is 0 Å². The van der Waals surface area contributed by atoms with Gasteiger partial charge in [0.05, 0.1) is 6.10 Å². The largest absolute Gasteiger partial charge is 0.389 e. The topological polar surface area (TPSA) is 23.5 Å². The average molecular weight is 233 g/mol. The molecule has 0 heterocycles. The van der Waals surface area contributed by atoms with E-state index in [-0.39, 0.29) is 0 Å². The van der Waals surface area contributed by atoms with Crippen LogP contribution in [0.15, 0.2) is 24.3 Å². The average Bonchev–Trinajstić information content (AvgIpc) is 2.81. The van der Waals surface area contributed by atoms with Crippen molar-refractivity contribution in [3.05, 3.63) is 29.8 Å². The van der Waals surface area contributed by atoms with Crippen LogP contribution >= 0.6 is 0 Å². The first-order valence-electron chi connectivity index (χ1n) is 6.66. The molecule has 0 aliphatic heterocycles. The molecule has 1 aromatic rings. The molecular formula is C15H23NO. The number of nitrogens with zero attached hydrogens (tertiary/aromatic N) is 1. The number of benzene rings is 1. The molecule has 0 amide bonds. The molecule has 17 heavy (non-hydrogen) atoms. The Morgan fingerprint density at radius 1 is 1.29 bits per heavy atom. The standard InChI is InChI=1S/C15H23NO/c1-12(17)14-9-5-6-10-15(14)16(2)11-13-7-3-4-8-13/h5-6,9-10,12-13,17H,3-4,7-8,11H2,1-2H3/t12-/m0/s1. The van der Waals surface area contributed by atoms with Gasteiger partial charge in [0.2, 0.25) is 0 Å². The normalized spacial score (nSPS) is 18.3. The lowest BCUT2D eigenvalue weighted by molar-refractivity contribution is 0.199. The van der Waals surface area contributed by atoms with Gasteiger partial charge in [0.25, 0.3) is 0 Å². The van der Waals surface area contributed by atoms with Crippen molar-refractivity contribution in [1.29, 1.82) is 0 Å². The van der Waals surface area contributed by atoms with Crippen molar-refractivity contribution in [3.63, 3.8) is 0 Å². The van der Waals surface area contributed by atoms with Gasteiger partial charge in [0.1, 0.15) is 0 Å². The van der Waals surface area contributed by atoms with E-state index in [1.54, 1.807) is 0 Å². The zero-order chi connectivity index (χ0) is 12.3. The van der Waals surface area contributed by atoms with Crippen LogP contribution < -0.4 is 4.90 Å². The van der Waals surface area contributed by atoms with Gasteiger partial charge in [-0.05, 0) is 31.7 Å². The maximum atomic E-state index is 9.79. The molecule has 2 nitrogen and oxygen atoms in total. The summed E-state index contributed by atoms with van der Waals surface area (Å²) in [5.74, 6) is 0.835. The number of hydrogen-bond donors (Lipinski definition) is 1. The van der Waals surface area contributed by atoms with E-state index in [1.807, 2.05) is 25.1 Å². The SMILES string of the molecule is C[C@H](O)c1ccccc1N(C)CC1CCCC1. The van der Waals surface area contributed by atoms with E-state index in [9.17, 15) is 5.11 Å². The van der Waals surface area contributed by atoms with E-state index in [1.165, 1.54) is 31.4 Å². The van der Waals surface area contributed by atoms with E-state index in [2.05, 4.69) is 18.0 Å². The summed E-state index contributed by atoms with van der Waals surface area (Å²) in [4.78, 5) is 2.30. The van der Waals surface area contributed by atoms with Crippen LogP contribution in [0.3, 0.4) is 0 Å². The summed E-state index contributed by atoms with van der Waals surface area (Å²) in [5.41, 5.74) is 2.21. The van der Waals surface area contributed by atoms with Crippen LogP contribution in [0.25, 0.3) is 0 Å². The van der Waals surface area contributed by atoms with Crippen molar-refractivity contribution in [2.24, 2.45) is 5.92 Å². The Bertz CT molecular complexity index is 356. The molecule has 1 atom stereocenters. The van der Waals surface area contributed by atoms with E-state index in [4.69, 9.17) is 0 Å². The summed E-state index contributed by atoms with van der Waals surface area (Å²) in [6.07, 6.45) is 5.10. The molecule has 0 bridgehead atoms. The van der Waals surface area contributed by atoms with Gasteiger partial charge in [-0.2, -0.15) is 0 Å². The minimum absolute atomic E-state index is 0.391. The Labute approximate surface area is 104 Å². The van der Waals surface area contributed by atoms with E-state index >= 15 is 0 Å². The highest BCUT2D eigenvalue weighted by Gasteiger charge is 2.18. The molecule has 2 rings (SSSR count). The van der Waals surface area contributed by atoms with Crippen LogP contribution in [0.1, 0.15) is 44.3 Å². The molecule has 1 aromatic carbocycles. The molecule has 2 heteroatoms. The fourth-order valence-corrected chi connectivity index (χ4v) is 2.87. The second-order valence-electron chi connectivity index (χ2n) is 5.27. The molecule has 0 spiro atoms. The predicted octanol–water partition coefficient (Wildman–Crippen LogP) is 3.37. The minimum Gasteiger partial charge on any atom is -0.389 e. The Morgan fingerprint density at radius 3 is 2.59 bits per heavy atom. The van der Waals surface area contributed by atoms with E-state index in [0.29, 0.717) is 0 Å². The van der Waals surface area contributed by atoms with Gasteiger partial charge in [-0.15, -0.1) is 0 Å². The van der Waals surface area contributed by atoms with E-state index < -0.39 is 6.10 Å². The van der Waals surface area contributed by atoms with Gasteiger partial charge in [-0.1, -0.05) is 31.0 Å². The van der Waals surface area contributed by atoms with Crippen LogP contribution in [-0.4, -0.2) is 18.7 Å². The highest BCUT2D eigenvalue weighted by atomic mass is 16.3. The predicted molar refractivity (Wildman–Crippen MR) is 72.3 cm³/mol. The Balaban J connectivity index is 2.09. The summed E-state index contributed by atoms with van der Waals surface area (Å²) < 4.78 is 0. The van der Waals surface area contributed by atoms with Crippen LogP contribution in [0, 0.1) is 5.92 Å². The van der Waals surface area contributed by atoms with Gasteiger partial charge in [0.15, 0.2) is 0 Å². The zero-order valence-electron chi connectivity index (χ0n) is 10.9. The highest BCUT2D eigenvalue weighted by molar-refractivity contribution is 5.53. The summed E-state index contributed by atoms with van der Waals surface area (Å²) >= 11 is 0. The molecule has 1 aliphatic carbocycles. The second-order valence-corrected chi connectivity index (χ2v) is 5.27. The lowest BCUT2D eigenvalue weighted by Crippen LogP contribution is -2.25. The zero-order valence-corrected chi connectivity index (χ0v) is 10.9. The quantitative estimate of drug-likeness (QED) is 0.862. The summed E-state index contributed by atoms with van der Waals surface area (Å²) in [7, 11) is 2.14. The van der Waals surface area contributed by atoms with Crippen molar-refractivity contribution in [2.75, 3.05) is 18.5 Å². The molecule has 94 valence electrons. The fourth-order valence-electron chi connectivity index (χ4n) is 2.87. The molecule has 0 aromatic heterocycles. The first kappa shape index (κ1) is 12.4. The molecule has 0 saturated heterocycles. The minimum atomic E-state index is -0.391. The second kappa shape index (κ2) is 5.54. The third-order valence-electron chi connectivity index (χ3n) is 3.80. The molecule has 1 aliphatic rings. The van der Waals surface area contributed by atoms with Gasteiger partial charge in [0, 0.05) is 24.8 Å². The van der Waals surface area contributed by atoms with Crippen molar-refractivity contribution in [1.82, 2.24) is 0 Å². The smallest absolute Gasteiger partial charge is 0.0781 e. The first-order chi connectivity index (χ1) is 8.18. The van der Waals surface area contributed by atoms with Gasteiger partial charge >= 0.3 is 0 Å². The van der Waals surface area contributed by atoms with Crippen molar-refractivity contribution >= 4 is 5.69 Å². The van der Waals surface area contributed by atoms with Crippen LogP contribution in [0.4, 0.5) is 5.69 Å². The molecular weight excluding hydrogens is 210 g/mol. The lowest BCUT2D eigenvalue weighted by atomic mass is 10.0. The first-order valence-corrected chi connectivity index (χ1v) is 6.66. The highest BCUT2D eigenvalue weighted by Crippen LogP contribution is 2.30. The molecule has 1 N–H and O–H groups in total. The Kier molecular flexibility index (Phi) is 4.06. The van der Waals surface area contributed by atoms with Crippen molar-refractivity contribution in [2.45, 2.75) is 38.7 Å². The van der Waals surface area contributed by atoms with Crippen LogP contribution in [-0.2, 0) is 0 Å². The number of aliphatic hydroxyl groups is 1. The van der Waals surface area contributed by atoms with Gasteiger partial charge in [-0.3, -0.25) is 0 Å². The number of anilines is 1. The molecule has 1 saturated carbocycles. The van der Waals surface area contributed by atoms with Crippen LogP contribution in [0.5, 0.6) is 0 Å². The molecule has 0 unspecified atom stereocenters.